The van der Waals surface area contributed by atoms with Gasteiger partial charge in [-0.05, 0) is 47.6 Å². The van der Waals surface area contributed by atoms with Crippen LogP contribution in [0.5, 0.6) is 0 Å². The molecule has 0 aromatic rings. The van der Waals surface area contributed by atoms with E-state index in [-0.39, 0.29) is 36.9 Å². The minimum Gasteiger partial charge on any atom is -0.480 e. The van der Waals surface area contributed by atoms with Gasteiger partial charge in [0.25, 0.3) is 0 Å². The van der Waals surface area contributed by atoms with Gasteiger partial charge in [-0.2, -0.15) is 0 Å². The highest BCUT2D eigenvalue weighted by atomic mass is 35.5. The fourth-order valence-corrected chi connectivity index (χ4v) is 2.35. The predicted octanol–water partition coefficient (Wildman–Crippen LogP) is 2.24. The zero-order chi connectivity index (χ0) is 15.2. The summed E-state index contributed by atoms with van der Waals surface area (Å²) < 4.78 is 0. The molecule has 0 aliphatic carbocycles. The van der Waals surface area contributed by atoms with Crippen LogP contribution in [0, 0.1) is 0 Å². The number of carboxylic acid groups (broad SMARTS) is 1. The highest BCUT2D eigenvalue weighted by molar-refractivity contribution is 5.85. The summed E-state index contributed by atoms with van der Waals surface area (Å²) in [7, 11) is 0. The van der Waals surface area contributed by atoms with Crippen LogP contribution in [0.1, 0.15) is 48.0 Å². The molecular weight excluding hydrogens is 280 g/mol. The number of halogens is 1. The number of carbonyl (C=O) groups excluding carboxylic acids is 1. The predicted molar refractivity (Wildman–Crippen MR) is 83.3 cm³/mol. The smallest absolute Gasteiger partial charge is 0.317 e. The van der Waals surface area contributed by atoms with Gasteiger partial charge in [-0.1, -0.05) is 6.92 Å². The number of hydrogen-bond donors (Lipinski definition) is 1. The van der Waals surface area contributed by atoms with Crippen molar-refractivity contribution in [2.45, 2.75) is 66.1 Å². The lowest BCUT2D eigenvalue weighted by Gasteiger charge is -2.36. The van der Waals surface area contributed by atoms with Gasteiger partial charge in [0, 0.05) is 12.1 Å². The molecule has 1 amide bonds. The van der Waals surface area contributed by atoms with Crippen LogP contribution in [0.3, 0.4) is 0 Å². The molecule has 0 aliphatic rings. The number of aliphatic carboxylic acids is 1. The van der Waals surface area contributed by atoms with Crippen molar-refractivity contribution in [3.63, 3.8) is 0 Å². The third kappa shape index (κ3) is 6.57. The zero-order valence-corrected chi connectivity index (χ0v) is 14.2. The number of hydrogen-bond acceptors (Lipinski definition) is 3. The van der Waals surface area contributed by atoms with E-state index < -0.39 is 12.0 Å². The third-order valence-corrected chi connectivity index (χ3v) is 3.12. The van der Waals surface area contributed by atoms with Crippen LogP contribution in [0.2, 0.25) is 0 Å². The molecule has 6 heteroatoms. The number of rotatable bonds is 8. The van der Waals surface area contributed by atoms with Crippen molar-refractivity contribution in [1.29, 1.82) is 0 Å². The summed E-state index contributed by atoms with van der Waals surface area (Å²) in [5, 5.41) is 8.93. The first-order valence-corrected chi connectivity index (χ1v) is 7.00. The van der Waals surface area contributed by atoms with Crippen molar-refractivity contribution in [2.75, 3.05) is 13.1 Å². The van der Waals surface area contributed by atoms with Gasteiger partial charge in [0.05, 0.1) is 12.6 Å². The van der Waals surface area contributed by atoms with Crippen molar-refractivity contribution in [3.8, 4) is 0 Å². The summed E-state index contributed by atoms with van der Waals surface area (Å²) in [6.07, 6.45) is 0.828. The standard InChI is InChI=1S/C14H28N2O3.ClH/c1-7-8-15(9-13(17)18)12(6)14(19)16(10(2)3)11(4)5;/h10-12H,7-9H2,1-6H3,(H,17,18);1H. The molecule has 1 atom stereocenters. The van der Waals surface area contributed by atoms with Gasteiger partial charge in [-0.15, -0.1) is 12.4 Å². The lowest BCUT2D eigenvalue weighted by Crippen LogP contribution is -2.53. The SMILES string of the molecule is CCCN(CC(=O)O)C(C)C(=O)N(C(C)C)C(C)C.Cl. The van der Waals surface area contributed by atoms with E-state index in [2.05, 4.69) is 0 Å². The molecule has 20 heavy (non-hydrogen) atoms. The highest BCUT2D eigenvalue weighted by Gasteiger charge is 2.29. The molecule has 0 bridgehead atoms. The molecule has 0 fully saturated rings. The average Bonchev–Trinajstić information content (AvgIpc) is 2.25. The highest BCUT2D eigenvalue weighted by Crippen LogP contribution is 2.12. The monoisotopic (exact) mass is 308 g/mol. The molecule has 0 saturated carbocycles. The lowest BCUT2D eigenvalue weighted by molar-refractivity contribution is -0.144. The van der Waals surface area contributed by atoms with Crippen molar-refractivity contribution in [3.05, 3.63) is 0 Å². The van der Waals surface area contributed by atoms with Crippen LogP contribution >= 0.6 is 12.4 Å². The molecule has 5 nitrogen and oxygen atoms in total. The van der Waals surface area contributed by atoms with E-state index in [1.807, 2.05) is 39.5 Å². The molecular formula is C14H29ClN2O3. The number of carboxylic acids is 1. The van der Waals surface area contributed by atoms with Crippen LogP contribution < -0.4 is 0 Å². The van der Waals surface area contributed by atoms with Crippen LogP contribution in [-0.2, 0) is 9.59 Å². The van der Waals surface area contributed by atoms with E-state index >= 15 is 0 Å². The van der Waals surface area contributed by atoms with E-state index in [0.717, 1.165) is 6.42 Å². The lowest BCUT2D eigenvalue weighted by atomic mass is 10.1. The van der Waals surface area contributed by atoms with E-state index in [0.29, 0.717) is 6.54 Å². The normalized spacial score (nSPS) is 12.4. The number of nitrogens with zero attached hydrogens (tertiary/aromatic N) is 2. The van der Waals surface area contributed by atoms with Crippen LogP contribution in [-0.4, -0.2) is 58.0 Å². The van der Waals surface area contributed by atoms with Gasteiger partial charge in [-0.25, -0.2) is 0 Å². The van der Waals surface area contributed by atoms with Gasteiger partial charge in [-0.3, -0.25) is 14.5 Å². The molecule has 0 spiro atoms. The van der Waals surface area contributed by atoms with Crippen molar-refractivity contribution >= 4 is 24.3 Å². The molecule has 0 heterocycles. The maximum absolute atomic E-state index is 12.5. The van der Waals surface area contributed by atoms with Crippen molar-refractivity contribution in [2.24, 2.45) is 0 Å². The second kappa shape index (κ2) is 10.00. The van der Waals surface area contributed by atoms with Gasteiger partial charge in [0.2, 0.25) is 5.91 Å². The van der Waals surface area contributed by atoms with Crippen LogP contribution in [0.4, 0.5) is 0 Å². The molecule has 0 saturated heterocycles. The Morgan fingerprint density at radius 1 is 1.05 bits per heavy atom. The first-order valence-electron chi connectivity index (χ1n) is 7.00. The minimum atomic E-state index is -0.895. The quantitative estimate of drug-likeness (QED) is 0.747. The molecule has 0 rings (SSSR count). The Morgan fingerprint density at radius 3 is 1.80 bits per heavy atom. The summed E-state index contributed by atoms with van der Waals surface area (Å²) in [6, 6.07) is -0.174. The van der Waals surface area contributed by atoms with E-state index in [1.54, 1.807) is 11.8 Å². The van der Waals surface area contributed by atoms with Crippen LogP contribution in [0.25, 0.3) is 0 Å². The molecule has 0 aromatic carbocycles. The first-order chi connectivity index (χ1) is 8.72. The molecule has 1 N–H and O–H groups in total. The Balaban J connectivity index is 0. The van der Waals surface area contributed by atoms with Crippen molar-refractivity contribution < 1.29 is 14.7 Å². The van der Waals surface area contributed by atoms with Gasteiger partial charge < -0.3 is 10.0 Å². The summed E-state index contributed by atoms with van der Waals surface area (Å²) in [4.78, 5) is 26.9. The zero-order valence-electron chi connectivity index (χ0n) is 13.4. The van der Waals surface area contributed by atoms with E-state index in [9.17, 15) is 9.59 Å². The Morgan fingerprint density at radius 2 is 1.50 bits per heavy atom. The summed E-state index contributed by atoms with van der Waals surface area (Å²) in [5.74, 6) is -0.895. The summed E-state index contributed by atoms with van der Waals surface area (Å²) in [5.41, 5.74) is 0. The number of amides is 1. The van der Waals surface area contributed by atoms with Gasteiger partial charge in [0.1, 0.15) is 0 Å². The maximum Gasteiger partial charge on any atom is 0.317 e. The van der Waals surface area contributed by atoms with Crippen molar-refractivity contribution in [1.82, 2.24) is 9.80 Å². The largest absolute Gasteiger partial charge is 0.480 e. The number of carbonyl (C=O) groups is 2. The Bertz CT molecular complexity index is 301. The Labute approximate surface area is 128 Å². The Hall–Kier alpha value is -0.810. The van der Waals surface area contributed by atoms with Gasteiger partial charge >= 0.3 is 5.97 Å². The molecule has 0 radical (unpaired) electrons. The molecule has 1 unspecified atom stereocenters. The molecule has 120 valence electrons. The Kier molecular flexibility index (Phi) is 10.7. The fraction of sp³-hybridized carbons (Fsp3) is 0.857. The minimum absolute atomic E-state index is 0. The molecule has 0 aromatic heterocycles. The maximum atomic E-state index is 12.5. The summed E-state index contributed by atoms with van der Waals surface area (Å²) in [6.45, 7) is 12.2. The first kappa shape index (κ1) is 21.5. The average molecular weight is 309 g/mol. The van der Waals surface area contributed by atoms with Crippen LogP contribution in [0.15, 0.2) is 0 Å². The van der Waals surface area contributed by atoms with E-state index in [4.69, 9.17) is 5.11 Å². The summed E-state index contributed by atoms with van der Waals surface area (Å²) >= 11 is 0. The second-order valence-corrected chi connectivity index (χ2v) is 5.47. The fourth-order valence-electron chi connectivity index (χ4n) is 2.35. The van der Waals surface area contributed by atoms with E-state index in [1.165, 1.54) is 0 Å². The second-order valence-electron chi connectivity index (χ2n) is 5.47. The molecule has 0 aliphatic heterocycles. The topological polar surface area (TPSA) is 60.9 Å². The van der Waals surface area contributed by atoms with Gasteiger partial charge in [0.15, 0.2) is 0 Å². The third-order valence-electron chi connectivity index (χ3n) is 3.12.